The lowest BCUT2D eigenvalue weighted by molar-refractivity contribution is -0.136. The number of piperazine rings is 1. The molecule has 2 aliphatic rings. The first-order valence-corrected chi connectivity index (χ1v) is 13.5. The Morgan fingerprint density at radius 1 is 0.895 bits per heavy atom. The molecule has 200 valence electrons. The molecule has 0 bridgehead atoms. The van der Waals surface area contributed by atoms with Gasteiger partial charge in [0.25, 0.3) is 5.56 Å². The third-order valence-corrected chi connectivity index (χ3v) is 8.20. The Morgan fingerprint density at radius 2 is 1.61 bits per heavy atom. The van der Waals surface area contributed by atoms with E-state index in [-0.39, 0.29) is 23.6 Å². The second-order valence-corrected chi connectivity index (χ2v) is 10.6. The Labute approximate surface area is 222 Å². The van der Waals surface area contributed by atoms with Crippen LogP contribution in [-0.4, -0.2) is 57.8 Å². The maximum absolute atomic E-state index is 12.3. The molecule has 5 rings (SSSR count). The first-order chi connectivity index (χ1) is 18.3. The van der Waals surface area contributed by atoms with Gasteiger partial charge >= 0.3 is 11.7 Å². The molecule has 1 aliphatic carbocycles. The summed E-state index contributed by atoms with van der Waals surface area (Å²) in [6.07, 6.45) is 4.06. The molecule has 8 heteroatoms. The molecule has 1 fully saturated rings. The molecular formula is C30H36N4O4. The van der Waals surface area contributed by atoms with Crippen molar-refractivity contribution >= 4 is 11.8 Å². The van der Waals surface area contributed by atoms with Crippen molar-refractivity contribution < 1.29 is 9.90 Å². The highest BCUT2D eigenvalue weighted by Crippen LogP contribution is 2.38. The zero-order valence-corrected chi connectivity index (χ0v) is 22.2. The van der Waals surface area contributed by atoms with Crippen LogP contribution in [0.2, 0.25) is 0 Å². The number of hydrogen-bond acceptors (Lipinski definition) is 5. The Kier molecular flexibility index (Phi) is 7.51. The SMILES string of the molecule is Cn1c(N2CCN(CCCC3c4ccccc4CCc4ccc(CC(=O)O)cc43)CC2)cc(=O)n(C)c1=O. The first kappa shape index (κ1) is 26.0. The van der Waals surface area contributed by atoms with E-state index in [1.807, 2.05) is 6.07 Å². The van der Waals surface area contributed by atoms with E-state index in [1.165, 1.54) is 29.3 Å². The summed E-state index contributed by atoms with van der Waals surface area (Å²) >= 11 is 0. The van der Waals surface area contributed by atoms with Crippen LogP contribution in [0.15, 0.2) is 58.1 Å². The molecule has 0 radical (unpaired) electrons. The molecule has 2 aromatic carbocycles. The second kappa shape index (κ2) is 11.0. The molecule has 8 nitrogen and oxygen atoms in total. The second-order valence-electron chi connectivity index (χ2n) is 10.6. The van der Waals surface area contributed by atoms with Crippen LogP contribution in [-0.2, 0) is 38.2 Å². The van der Waals surface area contributed by atoms with Gasteiger partial charge in [-0.1, -0.05) is 42.5 Å². The molecule has 0 spiro atoms. The van der Waals surface area contributed by atoms with Crippen LogP contribution in [0, 0.1) is 0 Å². The van der Waals surface area contributed by atoms with Crippen molar-refractivity contribution in [3.8, 4) is 0 Å². The third-order valence-electron chi connectivity index (χ3n) is 8.20. The molecule has 1 unspecified atom stereocenters. The average molecular weight is 517 g/mol. The fourth-order valence-electron chi connectivity index (χ4n) is 6.08. The number of hydrogen-bond donors (Lipinski definition) is 1. The zero-order valence-electron chi connectivity index (χ0n) is 22.2. The largest absolute Gasteiger partial charge is 0.481 e. The van der Waals surface area contributed by atoms with Gasteiger partial charge in [0.15, 0.2) is 0 Å². The van der Waals surface area contributed by atoms with E-state index >= 15 is 0 Å². The van der Waals surface area contributed by atoms with Crippen molar-refractivity contribution in [1.82, 2.24) is 14.0 Å². The molecule has 1 atom stereocenters. The van der Waals surface area contributed by atoms with E-state index in [0.717, 1.165) is 68.5 Å². The van der Waals surface area contributed by atoms with Crippen molar-refractivity contribution in [3.63, 3.8) is 0 Å². The minimum atomic E-state index is -0.800. The van der Waals surface area contributed by atoms with Crippen LogP contribution in [0.1, 0.15) is 46.6 Å². The summed E-state index contributed by atoms with van der Waals surface area (Å²) in [6, 6.07) is 16.5. The number of carbonyl (C=O) groups is 1. The quantitative estimate of drug-likeness (QED) is 0.519. The van der Waals surface area contributed by atoms with E-state index in [9.17, 15) is 19.5 Å². The van der Waals surface area contributed by atoms with Gasteiger partial charge in [0.2, 0.25) is 0 Å². The Morgan fingerprint density at radius 3 is 2.34 bits per heavy atom. The summed E-state index contributed by atoms with van der Waals surface area (Å²) < 4.78 is 2.69. The summed E-state index contributed by atoms with van der Waals surface area (Å²) in [4.78, 5) is 40.5. The Bertz CT molecular complexity index is 1450. The predicted molar refractivity (Wildman–Crippen MR) is 148 cm³/mol. The standard InChI is InChI=1S/C30H36N4O4/c1-31-27(20-28(35)32(2)30(31)38)34-16-14-33(15-17-34)13-5-8-25-24-7-4-3-6-22(24)11-12-23-10-9-21(18-26(23)25)19-29(36)37/h3-4,6-7,9-10,18,20,25H,5,8,11-17,19H2,1-2H3,(H,36,37). The highest BCUT2D eigenvalue weighted by molar-refractivity contribution is 5.70. The number of aromatic nitrogens is 2. The van der Waals surface area contributed by atoms with Crippen molar-refractivity contribution in [2.75, 3.05) is 37.6 Å². The number of aryl methyl sites for hydroxylation is 2. The summed E-state index contributed by atoms with van der Waals surface area (Å²) in [5.74, 6) is 0.140. The molecule has 1 aromatic heterocycles. The predicted octanol–water partition coefficient (Wildman–Crippen LogP) is 2.54. The van der Waals surface area contributed by atoms with Gasteiger partial charge in [0.05, 0.1) is 6.42 Å². The van der Waals surface area contributed by atoms with Gasteiger partial charge < -0.3 is 10.0 Å². The van der Waals surface area contributed by atoms with Gasteiger partial charge in [-0.25, -0.2) is 4.79 Å². The van der Waals surface area contributed by atoms with Crippen LogP contribution in [0.25, 0.3) is 0 Å². The van der Waals surface area contributed by atoms with Crippen LogP contribution in [0.3, 0.4) is 0 Å². The van der Waals surface area contributed by atoms with E-state index in [2.05, 4.69) is 46.2 Å². The molecular weight excluding hydrogens is 480 g/mol. The molecule has 2 heterocycles. The summed E-state index contributed by atoms with van der Waals surface area (Å²) in [7, 11) is 3.22. The van der Waals surface area contributed by atoms with Crippen molar-refractivity contribution in [2.24, 2.45) is 14.1 Å². The number of carboxylic acids is 1. The lowest BCUT2D eigenvalue weighted by atomic mass is 9.83. The van der Waals surface area contributed by atoms with Gasteiger partial charge in [-0.15, -0.1) is 0 Å². The number of rotatable bonds is 7. The van der Waals surface area contributed by atoms with Gasteiger partial charge in [-0.05, 0) is 60.0 Å². The molecule has 0 amide bonds. The Balaban J connectivity index is 1.27. The highest BCUT2D eigenvalue weighted by Gasteiger charge is 2.25. The van der Waals surface area contributed by atoms with E-state index in [0.29, 0.717) is 5.82 Å². The zero-order chi connectivity index (χ0) is 26.8. The van der Waals surface area contributed by atoms with Crippen LogP contribution >= 0.6 is 0 Å². The highest BCUT2D eigenvalue weighted by atomic mass is 16.4. The van der Waals surface area contributed by atoms with Crippen LogP contribution < -0.4 is 16.1 Å². The van der Waals surface area contributed by atoms with Gasteiger partial charge in [0, 0.05) is 52.3 Å². The maximum Gasteiger partial charge on any atom is 0.332 e. The molecule has 1 saturated heterocycles. The van der Waals surface area contributed by atoms with E-state index in [4.69, 9.17) is 0 Å². The Hall–Kier alpha value is -3.65. The minimum absolute atomic E-state index is 0.0467. The van der Waals surface area contributed by atoms with Crippen molar-refractivity contribution in [2.45, 2.75) is 38.0 Å². The smallest absolute Gasteiger partial charge is 0.332 e. The number of aliphatic carboxylic acids is 1. The number of benzene rings is 2. The average Bonchev–Trinajstić information content (AvgIpc) is 3.06. The molecule has 1 N–H and O–H groups in total. The minimum Gasteiger partial charge on any atom is -0.481 e. The number of carboxylic acid groups (broad SMARTS) is 1. The lowest BCUT2D eigenvalue weighted by Crippen LogP contribution is -2.49. The van der Waals surface area contributed by atoms with Gasteiger partial charge in [0.1, 0.15) is 5.82 Å². The monoisotopic (exact) mass is 516 g/mol. The number of anilines is 1. The fraction of sp³-hybridized carbons (Fsp3) is 0.433. The van der Waals surface area contributed by atoms with Crippen LogP contribution in [0.4, 0.5) is 5.82 Å². The molecule has 0 saturated carbocycles. The van der Waals surface area contributed by atoms with E-state index in [1.54, 1.807) is 17.7 Å². The summed E-state index contributed by atoms with van der Waals surface area (Å²) in [5, 5.41) is 9.34. The van der Waals surface area contributed by atoms with Gasteiger partial charge in [-0.2, -0.15) is 0 Å². The molecule has 1 aliphatic heterocycles. The first-order valence-electron chi connectivity index (χ1n) is 13.5. The normalized spacial score (nSPS) is 17.5. The third kappa shape index (κ3) is 5.31. The van der Waals surface area contributed by atoms with E-state index < -0.39 is 5.97 Å². The van der Waals surface area contributed by atoms with Crippen molar-refractivity contribution in [1.29, 1.82) is 0 Å². The van der Waals surface area contributed by atoms with Crippen LogP contribution in [0.5, 0.6) is 0 Å². The topological polar surface area (TPSA) is 87.8 Å². The fourth-order valence-corrected chi connectivity index (χ4v) is 6.08. The summed E-state index contributed by atoms with van der Waals surface area (Å²) in [6.45, 7) is 4.28. The summed E-state index contributed by atoms with van der Waals surface area (Å²) in [5.41, 5.74) is 5.66. The number of nitrogens with zero attached hydrogens (tertiary/aromatic N) is 4. The van der Waals surface area contributed by atoms with Gasteiger partial charge in [-0.3, -0.25) is 23.6 Å². The maximum atomic E-state index is 12.3. The number of fused-ring (bicyclic) bond motifs is 2. The molecule has 3 aromatic rings. The van der Waals surface area contributed by atoms with Crippen molar-refractivity contribution in [3.05, 3.63) is 97.2 Å². The lowest BCUT2D eigenvalue weighted by Gasteiger charge is -2.36. The molecule has 38 heavy (non-hydrogen) atoms.